The Morgan fingerprint density at radius 2 is 2.05 bits per heavy atom. The first-order chi connectivity index (χ1) is 9.34. The number of aromatic nitrogens is 1. The van der Waals surface area contributed by atoms with E-state index in [1.807, 2.05) is 7.05 Å². The van der Waals surface area contributed by atoms with E-state index in [2.05, 4.69) is 17.1 Å². The Morgan fingerprint density at radius 3 is 2.70 bits per heavy atom. The number of nitrogens with zero attached hydrogens (tertiary/aromatic N) is 2. The summed E-state index contributed by atoms with van der Waals surface area (Å²) in [6.45, 7) is 4.02. The Hall–Kier alpha value is -1.01. The van der Waals surface area contributed by atoms with Crippen molar-refractivity contribution in [3.63, 3.8) is 0 Å². The summed E-state index contributed by atoms with van der Waals surface area (Å²) in [5.41, 5.74) is 0.0601. The number of hydrogen-bond acceptors (Lipinski definition) is 2. The predicted molar refractivity (Wildman–Crippen MR) is 70.4 cm³/mol. The first-order valence-electron chi connectivity index (χ1n) is 7.06. The highest BCUT2D eigenvalue weighted by atomic mass is 19.4. The molecule has 0 radical (unpaired) electrons. The van der Waals surface area contributed by atoms with Crippen molar-refractivity contribution < 1.29 is 13.2 Å². The molecule has 3 rings (SSSR count). The van der Waals surface area contributed by atoms with Crippen LogP contribution in [0.4, 0.5) is 13.2 Å². The van der Waals surface area contributed by atoms with E-state index in [-0.39, 0.29) is 5.54 Å². The second-order valence-corrected chi connectivity index (χ2v) is 6.02. The summed E-state index contributed by atoms with van der Waals surface area (Å²) in [6, 6.07) is 3.24. The lowest BCUT2D eigenvalue weighted by Crippen LogP contribution is -2.57. The largest absolute Gasteiger partial charge is 0.431 e. The van der Waals surface area contributed by atoms with Gasteiger partial charge in [0.2, 0.25) is 0 Å². The highest BCUT2D eigenvalue weighted by Crippen LogP contribution is 2.43. The van der Waals surface area contributed by atoms with Gasteiger partial charge in [-0.15, -0.1) is 0 Å². The maximum absolute atomic E-state index is 13.1. The van der Waals surface area contributed by atoms with Gasteiger partial charge in [0, 0.05) is 24.8 Å². The van der Waals surface area contributed by atoms with Crippen molar-refractivity contribution in [2.75, 3.05) is 20.1 Å². The Labute approximate surface area is 116 Å². The van der Waals surface area contributed by atoms with Gasteiger partial charge in [0.1, 0.15) is 5.69 Å². The zero-order valence-corrected chi connectivity index (χ0v) is 11.8. The molecule has 1 N–H and O–H groups in total. The van der Waals surface area contributed by atoms with Gasteiger partial charge >= 0.3 is 6.18 Å². The van der Waals surface area contributed by atoms with Crippen molar-refractivity contribution in [1.82, 2.24) is 14.8 Å². The lowest BCUT2D eigenvalue weighted by Gasteiger charge is -2.50. The van der Waals surface area contributed by atoms with Gasteiger partial charge in [-0.05, 0) is 45.5 Å². The molecule has 0 bridgehead atoms. The molecule has 2 atom stereocenters. The molecule has 20 heavy (non-hydrogen) atoms. The van der Waals surface area contributed by atoms with E-state index < -0.39 is 11.9 Å². The van der Waals surface area contributed by atoms with Crippen LogP contribution in [0.1, 0.15) is 31.2 Å². The molecular weight excluding hydrogens is 267 g/mol. The van der Waals surface area contributed by atoms with E-state index in [1.54, 1.807) is 6.07 Å². The third-order valence-electron chi connectivity index (χ3n) is 4.81. The van der Waals surface area contributed by atoms with Gasteiger partial charge in [0.15, 0.2) is 0 Å². The number of piperidine rings is 1. The van der Waals surface area contributed by atoms with E-state index in [1.165, 1.54) is 10.6 Å². The lowest BCUT2D eigenvalue weighted by molar-refractivity contribution is -0.144. The molecule has 2 aliphatic rings. The van der Waals surface area contributed by atoms with Crippen LogP contribution in [0.5, 0.6) is 0 Å². The minimum Gasteiger partial charge on any atom is -0.338 e. The molecule has 1 saturated heterocycles. The van der Waals surface area contributed by atoms with E-state index in [9.17, 15) is 13.2 Å². The smallest absolute Gasteiger partial charge is 0.338 e. The van der Waals surface area contributed by atoms with Crippen molar-refractivity contribution in [1.29, 1.82) is 0 Å². The second kappa shape index (κ2) is 4.49. The van der Waals surface area contributed by atoms with Crippen molar-refractivity contribution in [3.8, 4) is 0 Å². The van der Waals surface area contributed by atoms with Crippen molar-refractivity contribution in [2.24, 2.45) is 0 Å². The van der Waals surface area contributed by atoms with E-state index in [0.29, 0.717) is 19.1 Å². The van der Waals surface area contributed by atoms with Crippen LogP contribution in [0, 0.1) is 0 Å². The fourth-order valence-corrected chi connectivity index (χ4v) is 3.81. The zero-order valence-electron chi connectivity index (χ0n) is 11.8. The third-order valence-corrected chi connectivity index (χ3v) is 4.81. The van der Waals surface area contributed by atoms with Gasteiger partial charge < -0.3 is 9.88 Å². The molecule has 0 amide bonds. The summed E-state index contributed by atoms with van der Waals surface area (Å²) in [5.74, 6) is 0. The average molecular weight is 287 g/mol. The fraction of sp³-hybridized carbons (Fsp3) is 0.714. The van der Waals surface area contributed by atoms with Crippen molar-refractivity contribution >= 4 is 0 Å². The quantitative estimate of drug-likeness (QED) is 0.791. The standard InChI is InChI=1S/C14H20F3N3/c1-10-9-13(5-6-18-10)11-3-4-12(14(15,16)17)20(11)8-7-19(13)2/h3-4,10,18H,5-9H2,1-2H3. The van der Waals surface area contributed by atoms with Crippen LogP contribution in [0.25, 0.3) is 0 Å². The Bertz CT molecular complexity index is 508. The lowest BCUT2D eigenvalue weighted by atomic mass is 9.79. The molecule has 112 valence electrons. The number of rotatable bonds is 0. The monoisotopic (exact) mass is 287 g/mol. The molecule has 0 saturated carbocycles. The maximum Gasteiger partial charge on any atom is 0.431 e. The van der Waals surface area contributed by atoms with Gasteiger partial charge in [0.25, 0.3) is 0 Å². The van der Waals surface area contributed by atoms with Gasteiger partial charge in [-0.1, -0.05) is 0 Å². The minimum absolute atomic E-state index is 0.258. The molecule has 2 aliphatic heterocycles. The van der Waals surface area contributed by atoms with Gasteiger partial charge in [0.05, 0.1) is 5.54 Å². The summed E-state index contributed by atoms with van der Waals surface area (Å²) >= 11 is 0. The molecule has 6 heteroatoms. The first kappa shape index (κ1) is 13.9. The number of fused-ring (bicyclic) bond motifs is 2. The average Bonchev–Trinajstić information content (AvgIpc) is 2.79. The summed E-state index contributed by atoms with van der Waals surface area (Å²) in [4.78, 5) is 2.24. The number of halogens is 3. The van der Waals surface area contributed by atoms with Gasteiger partial charge in [-0.2, -0.15) is 13.2 Å². The first-order valence-corrected chi connectivity index (χ1v) is 7.06. The molecule has 0 aliphatic carbocycles. The van der Waals surface area contributed by atoms with E-state index in [4.69, 9.17) is 0 Å². The zero-order chi connectivity index (χ0) is 14.5. The molecule has 0 aromatic carbocycles. The Morgan fingerprint density at radius 1 is 1.30 bits per heavy atom. The SMILES string of the molecule is CC1CC2(CCN1)c1ccc(C(F)(F)F)n1CCN2C. The molecule has 3 nitrogen and oxygen atoms in total. The molecule has 1 spiro atoms. The summed E-state index contributed by atoms with van der Waals surface area (Å²) in [5, 5.41) is 3.38. The maximum atomic E-state index is 13.1. The van der Waals surface area contributed by atoms with Crippen LogP contribution < -0.4 is 5.32 Å². The summed E-state index contributed by atoms with van der Waals surface area (Å²) in [7, 11) is 2.03. The van der Waals surface area contributed by atoms with Gasteiger partial charge in [-0.25, -0.2) is 0 Å². The number of alkyl halides is 3. The Balaban J connectivity index is 2.08. The summed E-state index contributed by atoms with van der Waals surface area (Å²) in [6.07, 6.45) is -2.56. The number of hydrogen-bond donors (Lipinski definition) is 1. The normalized spacial score (nSPS) is 31.6. The molecule has 1 fully saturated rings. The molecule has 1 aromatic heterocycles. The van der Waals surface area contributed by atoms with Crippen LogP contribution in [0.15, 0.2) is 12.1 Å². The highest BCUT2D eigenvalue weighted by Gasteiger charge is 2.47. The second-order valence-electron chi connectivity index (χ2n) is 6.02. The van der Waals surface area contributed by atoms with Gasteiger partial charge in [-0.3, -0.25) is 4.90 Å². The molecular formula is C14H20F3N3. The molecule has 2 unspecified atom stereocenters. The van der Waals surface area contributed by atoms with Crippen molar-refractivity contribution in [2.45, 2.75) is 44.1 Å². The predicted octanol–water partition coefficient (Wildman–Crippen LogP) is 2.42. The Kier molecular flexibility index (Phi) is 3.14. The molecule has 3 heterocycles. The van der Waals surface area contributed by atoms with Crippen LogP contribution in [0.3, 0.4) is 0 Å². The van der Waals surface area contributed by atoms with E-state index >= 15 is 0 Å². The number of nitrogens with one attached hydrogen (secondary N) is 1. The highest BCUT2D eigenvalue weighted by molar-refractivity contribution is 5.28. The van der Waals surface area contributed by atoms with Crippen LogP contribution in [0.2, 0.25) is 0 Å². The number of likely N-dealkylation sites (N-methyl/N-ethyl adjacent to an activating group) is 1. The van der Waals surface area contributed by atoms with Crippen LogP contribution in [-0.2, 0) is 18.3 Å². The van der Waals surface area contributed by atoms with E-state index in [0.717, 1.165) is 25.1 Å². The summed E-state index contributed by atoms with van der Waals surface area (Å²) < 4.78 is 40.8. The van der Waals surface area contributed by atoms with Crippen LogP contribution in [-0.4, -0.2) is 35.6 Å². The molecule has 1 aromatic rings. The van der Waals surface area contributed by atoms with Crippen molar-refractivity contribution in [3.05, 3.63) is 23.5 Å². The minimum atomic E-state index is -4.27. The topological polar surface area (TPSA) is 20.2 Å². The fourth-order valence-electron chi connectivity index (χ4n) is 3.81. The van der Waals surface area contributed by atoms with Crippen LogP contribution >= 0.6 is 0 Å². The third kappa shape index (κ3) is 1.97.